The second-order valence-corrected chi connectivity index (χ2v) is 10.0. The average molecular weight is 463 g/mol. The van der Waals surface area contributed by atoms with Gasteiger partial charge in [-0.05, 0) is 57.4 Å². The molecule has 4 heterocycles. The van der Waals surface area contributed by atoms with Crippen LogP contribution in [-0.2, 0) is 9.53 Å². The first-order valence-corrected chi connectivity index (χ1v) is 12.2. The van der Waals surface area contributed by atoms with Gasteiger partial charge >= 0.3 is 6.09 Å². The van der Waals surface area contributed by atoms with E-state index < -0.39 is 0 Å². The summed E-state index contributed by atoms with van der Waals surface area (Å²) in [5.41, 5.74) is 0.257. The van der Waals surface area contributed by atoms with Crippen molar-refractivity contribution in [2.45, 2.75) is 63.5 Å². The first-order chi connectivity index (χ1) is 15.5. The zero-order chi connectivity index (χ0) is 22.3. The molecule has 4 aliphatic rings. The highest BCUT2D eigenvalue weighted by Crippen LogP contribution is 2.44. The number of piperidine rings is 1. The van der Waals surface area contributed by atoms with Gasteiger partial charge in [0.15, 0.2) is 0 Å². The molecule has 1 N–H and O–H groups in total. The molecule has 1 aromatic rings. The van der Waals surface area contributed by atoms with Crippen molar-refractivity contribution in [2.24, 2.45) is 5.41 Å². The number of aliphatic hydroxyl groups excluding tert-OH is 1. The molecule has 1 aromatic heterocycles. The molecule has 1 aliphatic carbocycles. The number of hydrogen-bond acceptors (Lipinski definition) is 6. The zero-order valence-corrected chi connectivity index (χ0v) is 19.1. The predicted octanol–water partition coefficient (Wildman–Crippen LogP) is 3.20. The quantitative estimate of drug-likeness (QED) is 0.742. The van der Waals surface area contributed by atoms with Crippen molar-refractivity contribution in [3.63, 3.8) is 0 Å². The lowest BCUT2D eigenvalue weighted by Gasteiger charge is -2.41. The van der Waals surface area contributed by atoms with E-state index in [9.17, 15) is 14.7 Å². The van der Waals surface area contributed by atoms with E-state index in [4.69, 9.17) is 16.3 Å². The van der Waals surface area contributed by atoms with E-state index in [0.29, 0.717) is 36.2 Å². The topological polar surface area (TPSA) is 86.2 Å². The minimum Gasteiger partial charge on any atom is -0.449 e. The minimum atomic E-state index is -0.380. The Kier molecular flexibility index (Phi) is 5.92. The molecule has 4 fully saturated rings. The lowest BCUT2D eigenvalue weighted by atomic mass is 9.78. The van der Waals surface area contributed by atoms with Gasteiger partial charge in [-0.2, -0.15) is 0 Å². The Morgan fingerprint density at radius 3 is 2.66 bits per heavy atom. The van der Waals surface area contributed by atoms with Crippen LogP contribution in [0.3, 0.4) is 0 Å². The minimum absolute atomic E-state index is 0.217. The molecule has 0 unspecified atom stereocenters. The summed E-state index contributed by atoms with van der Waals surface area (Å²) in [5, 5.41) is 10.3. The number of cyclic esters (lactones) is 1. The fraction of sp³-hybridized carbons (Fsp3) is 0.696. The van der Waals surface area contributed by atoms with Gasteiger partial charge in [-0.15, -0.1) is 0 Å². The van der Waals surface area contributed by atoms with Crippen LogP contribution < -0.4 is 9.80 Å². The highest BCUT2D eigenvalue weighted by molar-refractivity contribution is 6.33. The van der Waals surface area contributed by atoms with Crippen LogP contribution in [0.5, 0.6) is 0 Å². The highest BCUT2D eigenvalue weighted by atomic mass is 35.5. The van der Waals surface area contributed by atoms with E-state index in [1.165, 1.54) is 0 Å². The fourth-order valence-corrected chi connectivity index (χ4v) is 6.12. The molecule has 32 heavy (non-hydrogen) atoms. The lowest BCUT2D eigenvalue weighted by Crippen LogP contribution is -2.50. The predicted molar refractivity (Wildman–Crippen MR) is 121 cm³/mol. The summed E-state index contributed by atoms with van der Waals surface area (Å²) >= 11 is 6.62. The number of anilines is 2. The number of hydrogen-bond donors (Lipinski definition) is 1. The third-order valence-electron chi connectivity index (χ3n) is 7.62. The molecule has 9 heteroatoms. The smallest absolute Gasteiger partial charge is 0.414 e. The van der Waals surface area contributed by atoms with Crippen LogP contribution in [0.1, 0.15) is 51.4 Å². The number of amides is 2. The van der Waals surface area contributed by atoms with Crippen molar-refractivity contribution in [3.8, 4) is 0 Å². The van der Waals surface area contributed by atoms with Crippen molar-refractivity contribution in [2.75, 3.05) is 42.6 Å². The van der Waals surface area contributed by atoms with Crippen LogP contribution in [0.4, 0.5) is 16.3 Å². The number of aromatic nitrogens is 1. The number of carbonyl (C=O) groups is 2. The summed E-state index contributed by atoms with van der Waals surface area (Å²) in [5.74, 6) is 0.930. The molecule has 5 rings (SSSR count). The number of carbonyl (C=O) groups excluding carboxylic acids is 2. The number of nitrogens with zero attached hydrogens (tertiary/aromatic N) is 4. The van der Waals surface area contributed by atoms with Crippen molar-refractivity contribution in [3.05, 3.63) is 17.3 Å². The largest absolute Gasteiger partial charge is 0.449 e. The van der Waals surface area contributed by atoms with Gasteiger partial charge in [0.05, 0.1) is 35.0 Å². The first-order valence-electron chi connectivity index (χ1n) is 11.8. The summed E-state index contributed by atoms with van der Waals surface area (Å²) < 4.78 is 5.12. The Morgan fingerprint density at radius 2 is 1.91 bits per heavy atom. The second-order valence-electron chi connectivity index (χ2n) is 9.63. The summed E-state index contributed by atoms with van der Waals surface area (Å²) in [4.78, 5) is 36.0. The normalized spacial score (nSPS) is 31.4. The van der Waals surface area contributed by atoms with Gasteiger partial charge in [0.25, 0.3) is 0 Å². The molecule has 0 bridgehead atoms. The van der Waals surface area contributed by atoms with Crippen molar-refractivity contribution in [1.82, 2.24) is 9.88 Å². The number of ether oxygens (including phenoxy) is 1. The number of aliphatic hydroxyl groups is 1. The van der Waals surface area contributed by atoms with Gasteiger partial charge in [0.1, 0.15) is 5.82 Å². The highest BCUT2D eigenvalue weighted by Gasteiger charge is 2.51. The molecule has 174 valence electrons. The van der Waals surface area contributed by atoms with E-state index >= 15 is 0 Å². The van der Waals surface area contributed by atoms with Crippen LogP contribution in [0.2, 0.25) is 5.02 Å². The molecule has 3 aliphatic heterocycles. The molecular formula is C23H31ClN4O4. The number of halogens is 1. The van der Waals surface area contributed by atoms with Crippen LogP contribution in [0, 0.1) is 5.41 Å². The molecule has 0 radical (unpaired) electrons. The molecule has 1 saturated carbocycles. The fourth-order valence-electron chi connectivity index (χ4n) is 5.84. The summed E-state index contributed by atoms with van der Waals surface area (Å²) in [6, 6.07) is 2.03. The maximum atomic E-state index is 13.5. The Labute approximate surface area is 193 Å². The Balaban J connectivity index is 1.31. The summed E-state index contributed by atoms with van der Waals surface area (Å²) in [6.45, 7) is 3.26. The standard InChI is InChI=1S/C23H31ClN4O4/c24-19-13-17(28-10-2-12-32-22(28)31)14-25-20(19)26-9-1-7-23(15-26)8-11-27(21(23)30)16-3-5-18(29)6-4-16/h13-14,16,18,29H,1-12,15H2/t16?,18?,23-/m0/s1. The number of pyridine rings is 1. The molecule has 0 aromatic carbocycles. The van der Waals surface area contributed by atoms with Crippen molar-refractivity contribution in [1.29, 1.82) is 0 Å². The molecule has 3 saturated heterocycles. The maximum Gasteiger partial charge on any atom is 0.414 e. The van der Waals surface area contributed by atoms with Crippen LogP contribution in [0.25, 0.3) is 0 Å². The SMILES string of the molecule is O=C1OCCCN1c1cnc(N2CCC[C@]3(CCN(C4CCC(O)CC4)C3=O)C2)c(Cl)c1. The number of likely N-dealkylation sites (tertiary alicyclic amines) is 1. The molecular weight excluding hydrogens is 432 g/mol. The first kappa shape index (κ1) is 21.8. The van der Waals surface area contributed by atoms with Gasteiger partial charge in [-0.3, -0.25) is 9.69 Å². The monoisotopic (exact) mass is 462 g/mol. The molecule has 2 amide bonds. The summed E-state index contributed by atoms with van der Waals surface area (Å²) in [7, 11) is 0. The van der Waals surface area contributed by atoms with Gasteiger partial charge in [-0.1, -0.05) is 11.6 Å². The lowest BCUT2D eigenvalue weighted by molar-refractivity contribution is -0.139. The molecule has 8 nitrogen and oxygen atoms in total. The van der Waals surface area contributed by atoms with Crippen molar-refractivity contribution < 1.29 is 19.4 Å². The van der Waals surface area contributed by atoms with Crippen molar-refractivity contribution >= 4 is 35.1 Å². The number of rotatable bonds is 3. The maximum absolute atomic E-state index is 13.5. The van der Waals surface area contributed by atoms with E-state index in [-0.39, 0.29) is 29.6 Å². The second kappa shape index (κ2) is 8.71. The van der Waals surface area contributed by atoms with E-state index in [0.717, 1.165) is 64.5 Å². The third-order valence-corrected chi connectivity index (χ3v) is 7.90. The van der Waals surface area contributed by atoms with Gasteiger partial charge in [0, 0.05) is 32.2 Å². The Morgan fingerprint density at radius 1 is 1.09 bits per heavy atom. The van der Waals surface area contributed by atoms with Crippen LogP contribution in [0.15, 0.2) is 12.3 Å². The van der Waals surface area contributed by atoms with E-state index in [2.05, 4.69) is 14.8 Å². The molecule has 1 atom stereocenters. The van der Waals surface area contributed by atoms with Gasteiger partial charge < -0.3 is 19.6 Å². The van der Waals surface area contributed by atoms with E-state index in [1.807, 2.05) is 0 Å². The van der Waals surface area contributed by atoms with Crippen LogP contribution in [-0.4, -0.2) is 71.9 Å². The van der Waals surface area contributed by atoms with Gasteiger partial charge in [0.2, 0.25) is 5.91 Å². The average Bonchev–Trinajstić information content (AvgIpc) is 3.10. The van der Waals surface area contributed by atoms with Gasteiger partial charge in [-0.25, -0.2) is 9.78 Å². The van der Waals surface area contributed by atoms with E-state index in [1.54, 1.807) is 17.2 Å². The zero-order valence-electron chi connectivity index (χ0n) is 18.3. The molecule has 1 spiro atoms. The third kappa shape index (κ3) is 3.92. The Bertz CT molecular complexity index is 891. The van der Waals surface area contributed by atoms with Crippen LogP contribution >= 0.6 is 11.6 Å². The Hall–Kier alpha value is -2.06. The summed E-state index contributed by atoms with van der Waals surface area (Å²) in [6.07, 6.45) is 7.87.